The molecule has 2 saturated heterocycles. The van der Waals surface area contributed by atoms with Crippen molar-refractivity contribution in [2.75, 3.05) is 39.3 Å². The van der Waals surface area contributed by atoms with E-state index in [4.69, 9.17) is 27.9 Å². The maximum Gasteiger partial charge on any atom is 0.410 e. The van der Waals surface area contributed by atoms with E-state index < -0.39 is 5.60 Å². The third-order valence-corrected chi connectivity index (χ3v) is 6.81. The molecule has 1 aromatic carbocycles. The summed E-state index contributed by atoms with van der Waals surface area (Å²) in [4.78, 5) is 46.5. The number of likely N-dealkylation sites (tertiary alicyclic amines) is 1. The zero-order valence-corrected chi connectivity index (χ0v) is 20.5. The summed E-state index contributed by atoms with van der Waals surface area (Å²) in [5.41, 5.74) is 0.625. The molecule has 1 aromatic heterocycles. The van der Waals surface area contributed by atoms with Gasteiger partial charge in [0.05, 0.1) is 16.0 Å². The average Bonchev–Trinajstić information content (AvgIpc) is 3.42. The van der Waals surface area contributed by atoms with E-state index in [-0.39, 0.29) is 23.8 Å². The maximum absolute atomic E-state index is 13.0. The Morgan fingerprint density at radius 1 is 1.00 bits per heavy atom. The van der Waals surface area contributed by atoms with Crippen molar-refractivity contribution in [1.82, 2.24) is 19.7 Å². The van der Waals surface area contributed by atoms with E-state index in [0.29, 0.717) is 66.8 Å². The first-order valence-corrected chi connectivity index (χ1v) is 11.8. The van der Waals surface area contributed by atoms with Crippen LogP contribution in [0.15, 0.2) is 18.2 Å². The van der Waals surface area contributed by atoms with Gasteiger partial charge in [-0.2, -0.15) is 0 Å². The van der Waals surface area contributed by atoms with Gasteiger partial charge >= 0.3 is 6.09 Å². The SMILES string of the molecule is CC(C)(C)OC(=O)N1CC[C@H](C(=O)N2CCN(C(=O)c3cc4c(Cl)c(Cl)ccc4[nH]3)CC2)C1. The number of aromatic nitrogens is 1. The van der Waals surface area contributed by atoms with Gasteiger partial charge in [-0.3, -0.25) is 9.59 Å². The molecule has 2 aromatic rings. The minimum Gasteiger partial charge on any atom is -0.444 e. The number of carbonyl (C=O) groups is 3. The Labute approximate surface area is 202 Å². The Kier molecular flexibility index (Phi) is 6.51. The topological polar surface area (TPSA) is 85.9 Å². The quantitative estimate of drug-likeness (QED) is 0.682. The van der Waals surface area contributed by atoms with Crippen molar-refractivity contribution in [3.05, 3.63) is 33.9 Å². The summed E-state index contributed by atoms with van der Waals surface area (Å²) in [6, 6.07) is 5.20. The Bertz CT molecular complexity index is 1090. The molecule has 178 valence electrons. The van der Waals surface area contributed by atoms with Crippen LogP contribution in [0, 0.1) is 5.92 Å². The van der Waals surface area contributed by atoms with Gasteiger partial charge in [0.2, 0.25) is 5.91 Å². The lowest BCUT2D eigenvalue weighted by Gasteiger charge is -2.35. The van der Waals surface area contributed by atoms with Crippen LogP contribution in [-0.4, -0.2) is 82.5 Å². The van der Waals surface area contributed by atoms with Gasteiger partial charge in [-0.15, -0.1) is 0 Å². The Morgan fingerprint density at radius 2 is 1.67 bits per heavy atom. The van der Waals surface area contributed by atoms with Crippen LogP contribution in [-0.2, 0) is 9.53 Å². The van der Waals surface area contributed by atoms with Gasteiger partial charge in [0.15, 0.2) is 0 Å². The first-order chi connectivity index (χ1) is 15.5. The third-order valence-electron chi connectivity index (χ3n) is 5.99. The number of benzene rings is 1. The fraction of sp³-hybridized carbons (Fsp3) is 0.522. The number of fused-ring (bicyclic) bond motifs is 1. The zero-order valence-electron chi connectivity index (χ0n) is 19.0. The molecule has 4 rings (SSSR count). The third kappa shape index (κ3) is 5.06. The molecule has 1 atom stereocenters. The van der Waals surface area contributed by atoms with E-state index in [2.05, 4.69) is 4.98 Å². The summed E-state index contributed by atoms with van der Waals surface area (Å²) in [6.07, 6.45) is 0.239. The molecular weight excluding hydrogens is 467 g/mol. The highest BCUT2D eigenvalue weighted by molar-refractivity contribution is 6.45. The van der Waals surface area contributed by atoms with Gasteiger partial charge in [-0.05, 0) is 45.4 Å². The van der Waals surface area contributed by atoms with E-state index in [1.807, 2.05) is 20.8 Å². The average molecular weight is 495 g/mol. The fourth-order valence-corrected chi connectivity index (χ4v) is 4.65. The minimum atomic E-state index is -0.565. The zero-order chi connectivity index (χ0) is 23.9. The number of nitrogens with one attached hydrogen (secondary N) is 1. The predicted molar refractivity (Wildman–Crippen MR) is 127 cm³/mol. The molecular formula is C23H28Cl2N4O4. The molecule has 3 amide bonds. The molecule has 2 aliphatic heterocycles. The summed E-state index contributed by atoms with van der Waals surface area (Å²) in [5.74, 6) is -0.344. The Balaban J connectivity index is 1.32. The first-order valence-electron chi connectivity index (χ1n) is 11.1. The molecule has 3 heterocycles. The standard InChI is InChI=1S/C23H28Cl2N4O4/c1-23(2,3)33-22(32)29-7-6-14(13-29)20(30)27-8-10-28(11-9-27)21(31)18-12-15-17(26-18)5-4-16(24)19(15)25/h4-5,12,14,26H,6-11,13H2,1-3H3/t14-/m0/s1. The van der Waals surface area contributed by atoms with Gasteiger partial charge in [-0.1, -0.05) is 23.2 Å². The maximum atomic E-state index is 13.0. The molecule has 2 fully saturated rings. The normalized spacial score (nSPS) is 19.3. The molecule has 0 bridgehead atoms. The van der Waals surface area contributed by atoms with Crippen LogP contribution < -0.4 is 0 Å². The van der Waals surface area contributed by atoms with E-state index in [1.54, 1.807) is 32.9 Å². The largest absolute Gasteiger partial charge is 0.444 e. The number of nitrogens with zero attached hydrogens (tertiary/aromatic N) is 3. The van der Waals surface area contributed by atoms with Crippen molar-refractivity contribution in [1.29, 1.82) is 0 Å². The molecule has 0 radical (unpaired) electrons. The molecule has 0 spiro atoms. The summed E-state index contributed by atoms with van der Waals surface area (Å²) in [5, 5.41) is 1.56. The number of H-pyrrole nitrogens is 1. The van der Waals surface area contributed by atoms with Crippen molar-refractivity contribution in [2.24, 2.45) is 5.92 Å². The number of halogens is 2. The van der Waals surface area contributed by atoms with E-state index >= 15 is 0 Å². The Morgan fingerprint density at radius 3 is 2.33 bits per heavy atom. The second-order valence-electron chi connectivity index (χ2n) is 9.54. The van der Waals surface area contributed by atoms with E-state index in [1.165, 1.54) is 0 Å². The number of hydrogen-bond acceptors (Lipinski definition) is 4. The molecule has 2 aliphatic rings. The van der Waals surface area contributed by atoms with Crippen molar-refractivity contribution in [3.8, 4) is 0 Å². The van der Waals surface area contributed by atoms with Crippen molar-refractivity contribution < 1.29 is 19.1 Å². The minimum absolute atomic E-state index is 0.0280. The lowest BCUT2D eigenvalue weighted by Crippen LogP contribution is -2.52. The first kappa shape index (κ1) is 23.7. The highest BCUT2D eigenvalue weighted by atomic mass is 35.5. The van der Waals surface area contributed by atoms with E-state index in [0.717, 1.165) is 5.52 Å². The number of rotatable bonds is 2. The summed E-state index contributed by atoms with van der Waals surface area (Å²) < 4.78 is 5.41. The van der Waals surface area contributed by atoms with Crippen LogP contribution in [0.5, 0.6) is 0 Å². The molecule has 10 heteroatoms. The molecule has 0 saturated carbocycles. The number of hydrogen-bond donors (Lipinski definition) is 1. The van der Waals surface area contributed by atoms with Crippen molar-refractivity contribution in [3.63, 3.8) is 0 Å². The van der Waals surface area contributed by atoms with Crippen LogP contribution in [0.3, 0.4) is 0 Å². The van der Waals surface area contributed by atoms with Crippen molar-refractivity contribution >= 4 is 52.0 Å². The van der Waals surface area contributed by atoms with Gasteiger partial charge in [0.1, 0.15) is 11.3 Å². The number of carbonyl (C=O) groups excluding carboxylic acids is 3. The van der Waals surface area contributed by atoms with Crippen LogP contribution in [0.1, 0.15) is 37.7 Å². The van der Waals surface area contributed by atoms with Gasteiger partial charge < -0.3 is 24.4 Å². The van der Waals surface area contributed by atoms with Gasteiger partial charge in [0.25, 0.3) is 5.91 Å². The molecule has 0 aliphatic carbocycles. The molecule has 8 nitrogen and oxygen atoms in total. The van der Waals surface area contributed by atoms with Crippen LogP contribution in [0.4, 0.5) is 4.79 Å². The smallest absolute Gasteiger partial charge is 0.410 e. The second kappa shape index (κ2) is 9.06. The van der Waals surface area contributed by atoms with Gasteiger partial charge in [-0.25, -0.2) is 4.79 Å². The Hall–Kier alpha value is -2.45. The van der Waals surface area contributed by atoms with Crippen LogP contribution >= 0.6 is 23.2 Å². The summed E-state index contributed by atoms with van der Waals surface area (Å²) in [6.45, 7) is 8.15. The van der Waals surface area contributed by atoms with Crippen molar-refractivity contribution in [2.45, 2.75) is 32.8 Å². The molecule has 33 heavy (non-hydrogen) atoms. The van der Waals surface area contributed by atoms with Crippen LogP contribution in [0.2, 0.25) is 10.0 Å². The molecule has 1 N–H and O–H groups in total. The number of amides is 3. The molecule has 0 unspecified atom stereocenters. The number of aromatic amines is 1. The lowest BCUT2D eigenvalue weighted by atomic mass is 10.1. The van der Waals surface area contributed by atoms with Gasteiger partial charge in [0, 0.05) is 50.2 Å². The number of piperazine rings is 1. The monoisotopic (exact) mass is 494 g/mol. The summed E-state index contributed by atoms with van der Waals surface area (Å²) >= 11 is 12.3. The predicted octanol–water partition coefficient (Wildman–Crippen LogP) is 4.02. The number of ether oxygens (including phenoxy) is 1. The highest BCUT2D eigenvalue weighted by Crippen LogP contribution is 2.31. The summed E-state index contributed by atoms with van der Waals surface area (Å²) in [7, 11) is 0. The van der Waals surface area contributed by atoms with Crippen LogP contribution in [0.25, 0.3) is 10.9 Å². The van der Waals surface area contributed by atoms with E-state index in [9.17, 15) is 14.4 Å². The fourth-order valence-electron chi connectivity index (χ4n) is 4.27. The highest BCUT2D eigenvalue weighted by Gasteiger charge is 2.36. The second-order valence-corrected chi connectivity index (χ2v) is 10.3. The lowest BCUT2D eigenvalue weighted by molar-refractivity contribution is -0.136.